The molecular weight excluding hydrogens is 306 g/mol. The van der Waals surface area contributed by atoms with Crippen molar-refractivity contribution in [3.63, 3.8) is 0 Å². The lowest BCUT2D eigenvalue weighted by Crippen LogP contribution is -2.19. The van der Waals surface area contributed by atoms with E-state index in [1.165, 1.54) is 4.57 Å². The van der Waals surface area contributed by atoms with Crippen LogP contribution < -0.4 is 10.4 Å². The Bertz CT molecular complexity index is 919. The molecule has 0 radical (unpaired) electrons. The number of aromatic amines is 1. The van der Waals surface area contributed by atoms with E-state index in [0.717, 1.165) is 17.0 Å². The topological polar surface area (TPSA) is 77.7 Å². The Morgan fingerprint density at radius 1 is 1.21 bits per heavy atom. The molecule has 1 N–H and O–H groups in total. The van der Waals surface area contributed by atoms with Crippen molar-refractivity contribution in [1.29, 1.82) is 0 Å². The largest absolute Gasteiger partial charge is 0.492 e. The summed E-state index contributed by atoms with van der Waals surface area (Å²) < 4.78 is 9.04. The van der Waals surface area contributed by atoms with E-state index in [2.05, 4.69) is 15.3 Å². The number of ether oxygens (including phenoxy) is 1. The van der Waals surface area contributed by atoms with Crippen molar-refractivity contribution < 1.29 is 4.74 Å². The van der Waals surface area contributed by atoms with Gasteiger partial charge in [0, 0.05) is 5.69 Å². The molecule has 0 aliphatic carbocycles. The van der Waals surface area contributed by atoms with Crippen LogP contribution in [-0.4, -0.2) is 31.2 Å². The summed E-state index contributed by atoms with van der Waals surface area (Å²) in [5.41, 5.74) is 3.56. The van der Waals surface area contributed by atoms with Crippen molar-refractivity contribution in [3.05, 3.63) is 57.5 Å². The molecule has 1 aromatic carbocycles. The zero-order valence-corrected chi connectivity index (χ0v) is 14.3. The van der Waals surface area contributed by atoms with Gasteiger partial charge in [-0.25, -0.2) is 14.5 Å². The molecule has 126 valence electrons. The van der Waals surface area contributed by atoms with E-state index in [4.69, 9.17) is 4.74 Å². The molecule has 0 fully saturated rings. The van der Waals surface area contributed by atoms with Crippen molar-refractivity contribution in [2.24, 2.45) is 0 Å². The van der Waals surface area contributed by atoms with Gasteiger partial charge in [0.05, 0.1) is 18.0 Å². The predicted octanol–water partition coefficient (Wildman–Crippen LogP) is 2.13. The minimum Gasteiger partial charge on any atom is -0.492 e. The fraction of sp³-hybridized carbons (Fsp3) is 0.353. The summed E-state index contributed by atoms with van der Waals surface area (Å²) in [5.74, 6) is 1.23. The number of aromatic nitrogens is 5. The lowest BCUT2D eigenvalue weighted by atomic mass is 10.2. The monoisotopic (exact) mass is 327 g/mol. The second-order valence-electron chi connectivity index (χ2n) is 5.63. The third-order valence-electron chi connectivity index (χ3n) is 4.18. The van der Waals surface area contributed by atoms with E-state index in [-0.39, 0.29) is 5.69 Å². The van der Waals surface area contributed by atoms with Crippen LogP contribution in [0, 0.1) is 20.8 Å². The van der Waals surface area contributed by atoms with Gasteiger partial charge in [-0.15, -0.1) is 0 Å². The van der Waals surface area contributed by atoms with Crippen LogP contribution in [0.15, 0.2) is 29.1 Å². The normalized spacial score (nSPS) is 11.0. The summed E-state index contributed by atoms with van der Waals surface area (Å²) in [6.07, 6.45) is 0. The van der Waals surface area contributed by atoms with Gasteiger partial charge in [-0.1, -0.05) is 12.1 Å². The van der Waals surface area contributed by atoms with E-state index < -0.39 is 0 Å². The van der Waals surface area contributed by atoms with Crippen LogP contribution in [0.1, 0.15) is 29.7 Å². The molecule has 3 rings (SSSR count). The Morgan fingerprint density at radius 2 is 1.96 bits per heavy atom. The van der Waals surface area contributed by atoms with Gasteiger partial charge >= 0.3 is 5.69 Å². The molecule has 0 spiro atoms. The van der Waals surface area contributed by atoms with Crippen molar-refractivity contribution in [3.8, 4) is 11.4 Å². The molecule has 2 aromatic heterocycles. The van der Waals surface area contributed by atoms with E-state index in [0.29, 0.717) is 30.4 Å². The summed E-state index contributed by atoms with van der Waals surface area (Å²) >= 11 is 0. The Hall–Kier alpha value is -2.83. The Morgan fingerprint density at radius 3 is 2.62 bits per heavy atom. The maximum Gasteiger partial charge on any atom is 0.348 e. The lowest BCUT2D eigenvalue weighted by Gasteiger charge is -2.12. The van der Waals surface area contributed by atoms with Crippen LogP contribution in [0.3, 0.4) is 0 Å². The number of nitrogens with one attached hydrogen (secondary N) is 1. The molecule has 0 aliphatic rings. The van der Waals surface area contributed by atoms with E-state index in [1.54, 1.807) is 0 Å². The fourth-order valence-corrected chi connectivity index (χ4v) is 2.68. The van der Waals surface area contributed by atoms with E-state index in [1.807, 2.05) is 56.6 Å². The molecule has 0 aliphatic heterocycles. The van der Waals surface area contributed by atoms with Crippen molar-refractivity contribution in [2.45, 2.75) is 34.2 Å². The molecular formula is C17H21N5O2. The Labute approximate surface area is 139 Å². The summed E-state index contributed by atoms with van der Waals surface area (Å²) in [4.78, 5) is 12.3. The number of H-pyrrole nitrogens is 1. The molecule has 7 nitrogen and oxygen atoms in total. The van der Waals surface area contributed by atoms with E-state index >= 15 is 0 Å². The second kappa shape index (κ2) is 6.35. The number of hydrogen-bond acceptors (Lipinski definition) is 4. The first-order valence-electron chi connectivity index (χ1n) is 7.92. The minimum absolute atomic E-state index is 0.296. The first-order valence-corrected chi connectivity index (χ1v) is 7.92. The van der Waals surface area contributed by atoms with Gasteiger partial charge in [0.15, 0.2) is 5.82 Å². The van der Waals surface area contributed by atoms with Gasteiger partial charge in [-0.3, -0.25) is 4.68 Å². The third kappa shape index (κ3) is 2.73. The molecule has 24 heavy (non-hydrogen) atoms. The Balaban J connectivity index is 2.07. The zero-order valence-electron chi connectivity index (χ0n) is 14.3. The van der Waals surface area contributed by atoms with Crippen molar-refractivity contribution in [2.75, 3.05) is 6.61 Å². The molecule has 3 aromatic rings. The summed E-state index contributed by atoms with van der Waals surface area (Å²) in [7, 11) is 0. The molecule has 7 heteroatoms. The maximum atomic E-state index is 12.3. The molecule has 0 amide bonds. The maximum absolute atomic E-state index is 12.3. The predicted molar refractivity (Wildman–Crippen MR) is 90.9 cm³/mol. The summed E-state index contributed by atoms with van der Waals surface area (Å²) in [6, 6.07) is 7.44. The summed E-state index contributed by atoms with van der Waals surface area (Å²) in [6.45, 7) is 8.86. The minimum atomic E-state index is -0.296. The highest BCUT2D eigenvalue weighted by atomic mass is 16.5. The highest BCUT2D eigenvalue weighted by molar-refractivity contribution is 5.47. The lowest BCUT2D eigenvalue weighted by molar-refractivity contribution is 0.338. The van der Waals surface area contributed by atoms with Gasteiger partial charge in [-0.2, -0.15) is 10.2 Å². The van der Waals surface area contributed by atoms with E-state index in [9.17, 15) is 4.79 Å². The van der Waals surface area contributed by atoms with Crippen LogP contribution in [0.4, 0.5) is 0 Å². The van der Waals surface area contributed by atoms with Crippen molar-refractivity contribution >= 4 is 0 Å². The van der Waals surface area contributed by atoms with Gasteiger partial charge in [0.1, 0.15) is 12.3 Å². The Kier molecular flexibility index (Phi) is 4.24. The zero-order chi connectivity index (χ0) is 17.3. The summed E-state index contributed by atoms with van der Waals surface area (Å²) in [5, 5.41) is 11.2. The first-order chi connectivity index (χ1) is 11.5. The fourth-order valence-electron chi connectivity index (χ4n) is 2.68. The average Bonchev–Trinajstić information content (AvgIpc) is 3.04. The molecule has 0 saturated carbocycles. The first kappa shape index (κ1) is 16.0. The van der Waals surface area contributed by atoms with Crippen LogP contribution in [-0.2, 0) is 6.54 Å². The average molecular weight is 327 g/mol. The smallest absolute Gasteiger partial charge is 0.348 e. The molecule has 0 atom stereocenters. The molecule has 0 unspecified atom stereocenters. The van der Waals surface area contributed by atoms with Crippen LogP contribution in [0.25, 0.3) is 5.69 Å². The SMILES string of the molecule is CCOc1ccccc1-n1c(Cn2nc(C)c(C)c2C)n[nH]c1=O. The van der Waals surface area contributed by atoms with Crippen LogP contribution >= 0.6 is 0 Å². The second-order valence-corrected chi connectivity index (χ2v) is 5.63. The number of para-hydroxylation sites is 2. The van der Waals surface area contributed by atoms with Crippen molar-refractivity contribution in [1.82, 2.24) is 24.5 Å². The quantitative estimate of drug-likeness (QED) is 0.779. The molecule has 0 saturated heterocycles. The number of hydrogen-bond donors (Lipinski definition) is 1. The molecule has 0 bridgehead atoms. The molecule has 2 heterocycles. The van der Waals surface area contributed by atoms with Gasteiger partial charge in [0.2, 0.25) is 0 Å². The highest BCUT2D eigenvalue weighted by Crippen LogP contribution is 2.22. The number of benzene rings is 1. The standard InChI is InChI=1S/C17H21N5O2/c1-5-24-15-9-7-6-8-14(15)22-16(18-19-17(22)23)10-21-13(4)11(2)12(3)20-21/h6-9H,5,10H2,1-4H3,(H,19,23). The number of rotatable bonds is 5. The van der Waals surface area contributed by atoms with Gasteiger partial charge in [0.25, 0.3) is 0 Å². The number of nitrogens with zero attached hydrogens (tertiary/aromatic N) is 4. The van der Waals surface area contributed by atoms with Gasteiger partial charge in [-0.05, 0) is 45.4 Å². The van der Waals surface area contributed by atoms with Crippen LogP contribution in [0.5, 0.6) is 5.75 Å². The van der Waals surface area contributed by atoms with Crippen LogP contribution in [0.2, 0.25) is 0 Å². The number of aryl methyl sites for hydroxylation is 1. The third-order valence-corrected chi connectivity index (χ3v) is 4.18. The highest BCUT2D eigenvalue weighted by Gasteiger charge is 2.17. The van der Waals surface area contributed by atoms with Gasteiger partial charge < -0.3 is 4.74 Å².